The van der Waals surface area contributed by atoms with E-state index in [2.05, 4.69) is 35.9 Å². The minimum Gasteiger partial charge on any atom is -0.353 e. The molecule has 218 valence electrons. The molecular formula is C30H38FN7O3. The number of carbonyl (C=O) groups excluding carboxylic acids is 2. The van der Waals surface area contributed by atoms with Gasteiger partial charge < -0.3 is 20.9 Å². The molecule has 0 saturated carbocycles. The third-order valence-electron chi connectivity index (χ3n) is 7.96. The molecule has 1 aromatic heterocycles. The molecule has 2 aromatic carbocycles. The van der Waals surface area contributed by atoms with Crippen LogP contribution in [0.5, 0.6) is 0 Å². The number of H-pyrrole nitrogens is 1. The number of halogens is 1. The molecule has 2 aliphatic heterocycles. The number of aromatic amines is 1. The Bertz CT molecular complexity index is 1410. The van der Waals surface area contributed by atoms with Crippen molar-refractivity contribution in [2.24, 2.45) is 5.92 Å². The van der Waals surface area contributed by atoms with E-state index in [0.717, 1.165) is 51.7 Å². The molecule has 5 rings (SSSR count). The second kappa shape index (κ2) is 13.8. The zero-order valence-corrected chi connectivity index (χ0v) is 23.3. The van der Waals surface area contributed by atoms with Crippen molar-refractivity contribution < 1.29 is 14.0 Å². The van der Waals surface area contributed by atoms with Crippen LogP contribution in [-0.2, 0) is 11.2 Å². The number of carbonyl (C=O) groups is 2. The quantitative estimate of drug-likeness (QED) is 0.273. The number of benzene rings is 2. The molecule has 2 aliphatic rings. The molecule has 0 bridgehead atoms. The van der Waals surface area contributed by atoms with Crippen LogP contribution in [0.3, 0.4) is 0 Å². The standard InChI is InChI=1S/C30H38FN7O3/c31-26-6-5-22(18-27-23-3-1-2-4-24(23)30(41)36-35-27)17-25(26)29(40)34-12-11-33-28(39)20-38-15-13-37(14-16-38)19-21-7-9-32-10-8-21/h1-6,17,21,32H,7-16,18-20H2,(H,33,39)(H,34,40)(H,36,41). The second-order valence-corrected chi connectivity index (χ2v) is 10.9. The van der Waals surface area contributed by atoms with Gasteiger partial charge in [0.05, 0.1) is 23.2 Å². The monoisotopic (exact) mass is 563 g/mol. The van der Waals surface area contributed by atoms with E-state index < -0.39 is 11.7 Å². The fraction of sp³-hybridized carbons (Fsp3) is 0.467. The number of piperazine rings is 1. The van der Waals surface area contributed by atoms with Crippen molar-refractivity contribution in [3.8, 4) is 0 Å². The Morgan fingerprint density at radius 3 is 2.44 bits per heavy atom. The van der Waals surface area contributed by atoms with Crippen molar-refractivity contribution in [3.63, 3.8) is 0 Å². The molecule has 2 fully saturated rings. The summed E-state index contributed by atoms with van der Waals surface area (Å²) in [5, 5.41) is 16.8. The zero-order chi connectivity index (χ0) is 28.6. The Balaban J connectivity index is 1.05. The normalized spacial score (nSPS) is 17.0. The van der Waals surface area contributed by atoms with Crippen LogP contribution in [0.15, 0.2) is 47.3 Å². The van der Waals surface area contributed by atoms with Gasteiger partial charge in [-0.1, -0.05) is 24.3 Å². The minimum absolute atomic E-state index is 0.0788. The summed E-state index contributed by atoms with van der Waals surface area (Å²) in [5.41, 5.74) is 0.959. The van der Waals surface area contributed by atoms with Crippen LogP contribution in [-0.4, -0.2) is 97.3 Å². The first-order valence-electron chi connectivity index (χ1n) is 14.4. The van der Waals surface area contributed by atoms with Crippen LogP contribution in [0.2, 0.25) is 0 Å². The molecule has 0 unspecified atom stereocenters. The highest BCUT2D eigenvalue weighted by molar-refractivity contribution is 5.94. The van der Waals surface area contributed by atoms with Gasteiger partial charge >= 0.3 is 0 Å². The van der Waals surface area contributed by atoms with Gasteiger partial charge in [0.1, 0.15) is 5.82 Å². The smallest absolute Gasteiger partial charge is 0.272 e. The van der Waals surface area contributed by atoms with E-state index in [1.807, 2.05) is 12.1 Å². The van der Waals surface area contributed by atoms with E-state index in [9.17, 15) is 18.8 Å². The van der Waals surface area contributed by atoms with Gasteiger partial charge in [-0.25, -0.2) is 9.49 Å². The Morgan fingerprint density at radius 2 is 1.66 bits per heavy atom. The lowest BCUT2D eigenvalue weighted by Crippen LogP contribution is -2.51. The van der Waals surface area contributed by atoms with E-state index in [4.69, 9.17) is 0 Å². The first-order valence-corrected chi connectivity index (χ1v) is 14.4. The number of hydrogen-bond acceptors (Lipinski definition) is 7. The summed E-state index contributed by atoms with van der Waals surface area (Å²) in [6, 6.07) is 11.5. The molecule has 0 atom stereocenters. The van der Waals surface area contributed by atoms with E-state index in [1.165, 1.54) is 25.0 Å². The zero-order valence-electron chi connectivity index (χ0n) is 23.3. The average Bonchev–Trinajstić information content (AvgIpc) is 2.99. The maximum atomic E-state index is 14.5. The van der Waals surface area contributed by atoms with Gasteiger partial charge in [0, 0.05) is 57.6 Å². The number of fused-ring (bicyclic) bond motifs is 1. The highest BCUT2D eigenvalue weighted by atomic mass is 19.1. The molecule has 41 heavy (non-hydrogen) atoms. The van der Waals surface area contributed by atoms with Gasteiger partial charge in [0.2, 0.25) is 5.91 Å². The summed E-state index contributed by atoms with van der Waals surface area (Å²) >= 11 is 0. The molecule has 0 radical (unpaired) electrons. The predicted octanol–water partition coefficient (Wildman–Crippen LogP) is 1.12. The molecule has 2 amide bonds. The van der Waals surface area contributed by atoms with Gasteiger partial charge in [0.25, 0.3) is 11.5 Å². The summed E-state index contributed by atoms with van der Waals surface area (Å²) in [6.45, 7) is 7.84. The van der Waals surface area contributed by atoms with Crippen LogP contribution < -0.4 is 21.5 Å². The summed E-state index contributed by atoms with van der Waals surface area (Å²) in [6.07, 6.45) is 2.80. The summed E-state index contributed by atoms with van der Waals surface area (Å²) in [7, 11) is 0. The Hall–Kier alpha value is -3.67. The lowest BCUT2D eigenvalue weighted by atomic mass is 9.97. The molecule has 3 aromatic rings. The molecule has 0 spiro atoms. The predicted molar refractivity (Wildman–Crippen MR) is 155 cm³/mol. The Labute approximate surface area is 238 Å². The number of rotatable bonds is 10. The maximum Gasteiger partial charge on any atom is 0.272 e. The number of hydrogen-bond donors (Lipinski definition) is 4. The third-order valence-corrected chi connectivity index (χ3v) is 7.96. The lowest BCUT2D eigenvalue weighted by Gasteiger charge is -2.37. The third kappa shape index (κ3) is 7.75. The summed E-state index contributed by atoms with van der Waals surface area (Å²) < 4.78 is 14.5. The van der Waals surface area contributed by atoms with Crippen LogP contribution >= 0.6 is 0 Å². The number of nitrogens with one attached hydrogen (secondary N) is 4. The summed E-state index contributed by atoms with van der Waals surface area (Å²) in [4.78, 5) is 41.9. The molecule has 11 heteroatoms. The van der Waals surface area contributed by atoms with Gasteiger partial charge in [-0.3, -0.25) is 19.3 Å². The van der Waals surface area contributed by atoms with Crippen LogP contribution in [0, 0.1) is 11.7 Å². The maximum absolute atomic E-state index is 14.5. The first kappa shape index (κ1) is 28.8. The number of nitrogens with zero attached hydrogens (tertiary/aromatic N) is 3. The molecule has 0 aliphatic carbocycles. The van der Waals surface area contributed by atoms with E-state index >= 15 is 0 Å². The second-order valence-electron chi connectivity index (χ2n) is 10.9. The average molecular weight is 564 g/mol. The topological polar surface area (TPSA) is 122 Å². The highest BCUT2D eigenvalue weighted by Gasteiger charge is 2.22. The van der Waals surface area contributed by atoms with Gasteiger partial charge in [-0.15, -0.1) is 0 Å². The van der Waals surface area contributed by atoms with Gasteiger partial charge in [-0.2, -0.15) is 5.10 Å². The lowest BCUT2D eigenvalue weighted by molar-refractivity contribution is -0.122. The summed E-state index contributed by atoms with van der Waals surface area (Å²) in [5.74, 6) is -0.498. The largest absolute Gasteiger partial charge is 0.353 e. The van der Waals surface area contributed by atoms with Crippen molar-refractivity contribution in [2.45, 2.75) is 19.3 Å². The molecule has 10 nitrogen and oxygen atoms in total. The Morgan fingerprint density at radius 1 is 0.951 bits per heavy atom. The van der Waals surface area contributed by atoms with Crippen molar-refractivity contribution in [3.05, 3.63) is 75.5 Å². The fourth-order valence-corrected chi connectivity index (χ4v) is 5.65. The van der Waals surface area contributed by atoms with Crippen molar-refractivity contribution in [1.29, 1.82) is 0 Å². The van der Waals surface area contributed by atoms with Gasteiger partial charge in [-0.05, 0) is 55.6 Å². The minimum atomic E-state index is -0.631. The number of aromatic nitrogens is 2. The van der Waals surface area contributed by atoms with E-state index in [1.54, 1.807) is 18.2 Å². The van der Waals surface area contributed by atoms with Crippen molar-refractivity contribution >= 4 is 22.6 Å². The van der Waals surface area contributed by atoms with Gasteiger partial charge in [0.15, 0.2) is 0 Å². The van der Waals surface area contributed by atoms with Crippen molar-refractivity contribution in [1.82, 2.24) is 35.9 Å². The molecule has 4 N–H and O–H groups in total. The highest BCUT2D eigenvalue weighted by Crippen LogP contribution is 2.19. The van der Waals surface area contributed by atoms with Crippen LogP contribution in [0.4, 0.5) is 4.39 Å². The van der Waals surface area contributed by atoms with Crippen LogP contribution in [0.1, 0.15) is 34.5 Å². The van der Waals surface area contributed by atoms with E-state index in [-0.39, 0.29) is 30.1 Å². The number of amides is 2. The van der Waals surface area contributed by atoms with Crippen molar-refractivity contribution in [2.75, 3.05) is 65.4 Å². The first-order chi connectivity index (χ1) is 20.0. The molecule has 3 heterocycles. The SMILES string of the molecule is O=C(CN1CCN(CC2CCNCC2)CC1)NCCNC(=O)c1cc(Cc2n[nH]c(=O)c3ccccc23)ccc1F. The number of piperidine rings is 1. The fourth-order valence-electron chi connectivity index (χ4n) is 5.65. The molecular weight excluding hydrogens is 525 g/mol. The Kier molecular flexibility index (Phi) is 9.71. The van der Waals surface area contributed by atoms with Crippen LogP contribution in [0.25, 0.3) is 10.8 Å². The molecule has 2 saturated heterocycles. The van der Waals surface area contributed by atoms with E-state index in [0.29, 0.717) is 35.0 Å².